The van der Waals surface area contributed by atoms with Gasteiger partial charge in [0.15, 0.2) is 0 Å². The van der Waals surface area contributed by atoms with Crippen LogP contribution in [-0.2, 0) is 10.8 Å². The van der Waals surface area contributed by atoms with Gasteiger partial charge < -0.3 is 10.2 Å². The molecule has 1 aromatic rings. The Morgan fingerprint density at radius 3 is 1.65 bits per heavy atom. The van der Waals surface area contributed by atoms with Gasteiger partial charge in [-0.1, -0.05) is 83.5 Å². The number of aryl methyl sites for hydroxylation is 1. The molecule has 1 aliphatic rings. The predicted octanol–water partition coefficient (Wildman–Crippen LogP) is 5.16. The summed E-state index contributed by atoms with van der Waals surface area (Å²) in [6, 6.07) is 4.18. The largest absolute Gasteiger partial charge is 0.507 e. The van der Waals surface area contributed by atoms with Crippen LogP contribution in [0.25, 0.3) is 0 Å². The van der Waals surface area contributed by atoms with E-state index < -0.39 is 0 Å². The van der Waals surface area contributed by atoms with Gasteiger partial charge in [-0.3, -0.25) is 0 Å². The van der Waals surface area contributed by atoms with Crippen LogP contribution in [0.2, 0.25) is 0 Å². The molecule has 0 aromatic heterocycles. The monoisotopic (exact) mass is 316 g/mol. The normalized spacial score (nSPS) is 17.7. The molecule has 2 rings (SSSR count). The van der Waals surface area contributed by atoms with E-state index in [2.05, 4.69) is 60.6 Å². The minimum atomic E-state index is -0.231. The Balaban J connectivity index is 0.000000313. The molecule has 1 unspecified atom stereocenters. The van der Waals surface area contributed by atoms with Crippen LogP contribution >= 0.6 is 0 Å². The highest BCUT2D eigenvalue weighted by molar-refractivity contribution is 5.49. The van der Waals surface area contributed by atoms with Crippen molar-refractivity contribution < 1.29 is 10.2 Å². The number of allylic oxidation sites excluding steroid dienone is 2. The van der Waals surface area contributed by atoms with Crippen LogP contribution in [-0.4, -0.2) is 16.3 Å². The van der Waals surface area contributed by atoms with Crippen molar-refractivity contribution in [1.82, 2.24) is 0 Å². The van der Waals surface area contributed by atoms with E-state index in [9.17, 15) is 5.11 Å². The van der Waals surface area contributed by atoms with Crippen molar-refractivity contribution >= 4 is 0 Å². The highest BCUT2D eigenvalue weighted by Gasteiger charge is 2.25. The highest BCUT2D eigenvalue weighted by Crippen LogP contribution is 2.39. The molecule has 1 atom stereocenters. The Bertz CT molecular complexity index is 546. The van der Waals surface area contributed by atoms with Crippen LogP contribution in [0.15, 0.2) is 36.4 Å². The number of hydrogen-bond acceptors (Lipinski definition) is 2. The van der Waals surface area contributed by atoms with Gasteiger partial charge in [-0.05, 0) is 35.3 Å². The lowest BCUT2D eigenvalue weighted by Crippen LogP contribution is -2.17. The number of aliphatic hydroxyl groups excluding tert-OH is 1. The zero-order valence-electron chi connectivity index (χ0n) is 15.6. The fourth-order valence-electron chi connectivity index (χ4n) is 2.49. The van der Waals surface area contributed by atoms with Gasteiger partial charge in [0.2, 0.25) is 0 Å². The van der Waals surface area contributed by atoms with E-state index in [1.165, 1.54) is 5.56 Å². The molecule has 0 saturated heterocycles. The molecule has 0 aliphatic heterocycles. The third kappa shape index (κ3) is 5.87. The van der Waals surface area contributed by atoms with Crippen LogP contribution in [0.4, 0.5) is 0 Å². The average molecular weight is 316 g/mol. The molecule has 2 heteroatoms. The van der Waals surface area contributed by atoms with Gasteiger partial charge in [0, 0.05) is 0 Å². The molecule has 0 saturated carbocycles. The number of phenols is 1. The van der Waals surface area contributed by atoms with E-state index in [0.29, 0.717) is 5.75 Å². The Morgan fingerprint density at radius 2 is 1.39 bits per heavy atom. The fourth-order valence-corrected chi connectivity index (χ4v) is 2.49. The maximum atomic E-state index is 10.4. The lowest BCUT2D eigenvalue weighted by Gasteiger charge is -2.27. The maximum absolute atomic E-state index is 10.4. The number of aromatic hydroxyl groups is 1. The van der Waals surface area contributed by atoms with E-state index >= 15 is 0 Å². The van der Waals surface area contributed by atoms with Gasteiger partial charge in [-0.25, -0.2) is 0 Å². The van der Waals surface area contributed by atoms with Crippen LogP contribution in [0.1, 0.15) is 64.7 Å². The molecule has 0 radical (unpaired) electrons. The number of rotatable bonds is 0. The minimum Gasteiger partial charge on any atom is -0.507 e. The second-order valence-electron chi connectivity index (χ2n) is 8.32. The first-order valence-corrected chi connectivity index (χ1v) is 8.29. The predicted molar refractivity (Wildman–Crippen MR) is 99.1 cm³/mol. The van der Waals surface area contributed by atoms with E-state index in [1.54, 1.807) is 6.08 Å². The molecule has 23 heavy (non-hydrogen) atoms. The van der Waals surface area contributed by atoms with Crippen molar-refractivity contribution in [3.8, 4) is 5.75 Å². The zero-order chi connectivity index (χ0) is 17.8. The first kappa shape index (κ1) is 19.5. The number of hydrogen-bond donors (Lipinski definition) is 2. The summed E-state index contributed by atoms with van der Waals surface area (Å²) in [5.41, 5.74) is 3.26. The average Bonchev–Trinajstić information content (AvgIpc) is 2.40. The van der Waals surface area contributed by atoms with Crippen molar-refractivity contribution in [3.05, 3.63) is 53.1 Å². The maximum Gasteiger partial charge on any atom is 0.123 e. The molecule has 0 fully saturated rings. The highest BCUT2D eigenvalue weighted by atomic mass is 16.3. The SMILES string of the molecule is Cc1cc(C(C)(C)C)c(O)c(C(C)(C)C)c1.OC1C=CC=CC1. The lowest BCUT2D eigenvalue weighted by molar-refractivity contribution is 0.225. The van der Waals surface area contributed by atoms with E-state index in [-0.39, 0.29) is 16.9 Å². The summed E-state index contributed by atoms with van der Waals surface area (Å²) >= 11 is 0. The summed E-state index contributed by atoms with van der Waals surface area (Å²) in [6.07, 6.45) is 8.06. The smallest absolute Gasteiger partial charge is 0.123 e. The number of aliphatic hydroxyl groups is 1. The first-order chi connectivity index (χ1) is 10.4. The molecular weight excluding hydrogens is 284 g/mol. The molecule has 0 heterocycles. The van der Waals surface area contributed by atoms with E-state index in [4.69, 9.17) is 5.11 Å². The van der Waals surface area contributed by atoms with Crippen LogP contribution < -0.4 is 0 Å². The molecule has 0 spiro atoms. The summed E-state index contributed by atoms with van der Waals surface area (Å²) in [5, 5.41) is 19.2. The Morgan fingerprint density at radius 1 is 0.913 bits per heavy atom. The lowest BCUT2D eigenvalue weighted by atomic mass is 9.78. The minimum absolute atomic E-state index is 0.0178. The summed E-state index contributed by atoms with van der Waals surface area (Å²) < 4.78 is 0. The number of benzene rings is 1. The molecule has 2 nitrogen and oxygen atoms in total. The molecule has 0 bridgehead atoms. The van der Waals surface area contributed by atoms with Gasteiger partial charge in [0.1, 0.15) is 5.75 Å². The number of phenolic OH excluding ortho intramolecular Hbond substituents is 1. The standard InChI is InChI=1S/C15H24O.C6H8O/c1-10-8-11(14(2,3)4)13(16)12(9-10)15(5,6)7;7-6-4-2-1-3-5-6/h8-9,16H,1-7H3;1-4,6-7H,5H2. The van der Waals surface area contributed by atoms with Crippen molar-refractivity contribution in [2.45, 2.75) is 71.8 Å². The zero-order valence-corrected chi connectivity index (χ0v) is 15.6. The van der Waals surface area contributed by atoms with Gasteiger partial charge in [0.25, 0.3) is 0 Å². The van der Waals surface area contributed by atoms with Gasteiger partial charge in [-0.2, -0.15) is 0 Å². The van der Waals surface area contributed by atoms with Gasteiger partial charge in [-0.15, -0.1) is 0 Å². The van der Waals surface area contributed by atoms with Gasteiger partial charge in [0.05, 0.1) is 6.10 Å². The Hall–Kier alpha value is -1.54. The summed E-state index contributed by atoms with van der Waals surface area (Å²) in [7, 11) is 0. The molecule has 1 aliphatic carbocycles. The van der Waals surface area contributed by atoms with Crippen molar-refractivity contribution in [1.29, 1.82) is 0 Å². The second kappa shape index (κ2) is 7.35. The molecular formula is C21H32O2. The molecule has 0 amide bonds. The summed E-state index contributed by atoms with van der Waals surface area (Å²) in [4.78, 5) is 0. The quantitative estimate of drug-likeness (QED) is 0.694. The van der Waals surface area contributed by atoms with Crippen LogP contribution in [0, 0.1) is 6.92 Å². The van der Waals surface area contributed by atoms with Gasteiger partial charge >= 0.3 is 0 Å². The Kier molecular flexibility index (Phi) is 6.24. The van der Waals surface area contributed by atoms with Crippen molar-refractivity contribution in [3.63, 3.8) is 0 Å². The first-order valence-electron chi connectivity index (χ1n) is 8.29. The molecule has 2 N–H and O–H groups in total. The fraction of sp³-hybridized carbons (Fsp3) is 0.524. The second-order valence-corrected chi connectivity index (χ2v) is 8.32. The molecule has 128 valence electrons. The van der Waals surface area contributed by atoms with Crippen molar-refractivity contribution in [2.24, 2.45) is 0 Å². The third-order valence-electron chi connectivity index (χ3n) is 3.83. The van der Waals surface area contributed by atoms with E-state index in [1.807, 2.05) is 18.2 Å². The van der Waals surface area contributed by atoms with Crippen LogP contribution in [0.3, 0.4) is 0 Å². The third-order valence-corrected chi connectivity index (χ3v) is 3.83. The topological polar surface area (TPSA) is 40.5 Å². The Labute approximate surface area is 141 Å². The van der Waals surface area contributed by atoms with Crippen LogP contribution in [0.5, 0.6) is 5.75 Å². The summed E-state index contributed by atoms with van der Waals surface area (Å²) in [6.45, 7) is 14.9. The van der Waals surface area contributed by atoms with E-state index in [0.717, 1.165) is 17.5 Å². The molecule has 1 aromatic carbocycles. The van der Waals surface area contributed by atoms with Crippen molar-refractivity contribution in [2.75, 3.05) is 0 Å². The summed E-state index contributed by atoms with van der Waals surface area (Å²) in [5.74, 6) is 0.464.